The number of H-pyrrole nitrogens is 1. The van der Waals surface area contributed by atoms with Crippen LogP contribution in [0.3, 0.4) is 0 Å². The van der Waals surface area contributed by atoms with Crippen LogP contribution in [0.2, 0.25) is 0 Å². The lowest BCUT2D eigenvalue weighted by atomic mass is 10.2. The van der Waals surface area contributed by atoms with Gasteiger partial charge in [-0.15, -0.1) is 11.3 Å². The van der Waals surface area contributed by atoms with Gasteiger partial charge in [-0.1, -0.05) is 0 Å². The molecule has 0 radical (unpaired) electrons. The minimum absolute atomic E-state index is 0.0451. The van der Waals surface area contributed by atoms with Crippen molar-refractivity contribution in [3.05, 3.63) is 60.8 Å². The van der Waals surface area contributed by atoms with E-state index in [1.54, 1.807) is 11.4 Å². The largest absolute Gasteiger partial charge is 0.478 e. The summed E-state index contributed by atoms with van der Waals surface area (Å²) in [5.41, 5.74) is -1.17. The zero-order valence-electron chi connectivity index (χ0n) is 10.00. The van der Waals surface area contributed by atoms with E-state index >= 15 is 0 Å². The van der Waals surface area contributed by atoms with Crippen molar-refractivity contribution in [1.82, 2.24) is 9.55 Å². The van der Waals surface area contributed by atoms with Crippen LogP contribution in [-0.4, -0.2) is 20.6 Å². The number of halogens is 1. The third-order valence-corrected chi connectivity index (χ3v) is 3.39. The Hall–Kier alpha value is -2.48. The molecule has 0 spiro atoms. The zero-order chi connectivity index (χ0) is 14.7. The highest BCUT2D eigenvalue weighted by Crippen LogP contribution is 2.19. The molecule has 0 aromatic carbocycles. The molecule has 0 aliphatic rings. The summed E-state index contributed by atoms with van der Waals surface area (Å²) < 4.78 is 14.2. The van der Waals surface area contributed by atoms with Crippen LogP contribution in [0.25, 0.3) is 6.08 Å². The molecule has 8 heteroatoms. The molecule has 2 aromatic rings. The Balaban J connectivity index is 2.34. The van der Waals surface area contributed by atoms with E-state index < -0.39 is 23.0 Å². The van der Waals surface area contributed by atoms with Gasteiger partial charge in [-0.2, -0.15) is 4.39 Å². The van der Waals surface area contributed by atoms with Crippen molar-refractivity contribution >= 4 is 23.4 Å². The van der Waals surface area contributed by atoms with Gasteiger partial charge in [0.2, 0.25) is 5.82 Å². The van der Waals surface area contributed by atoms with Crippen molar-refractivity contribution in [2.75, 3.05) is 0 Å². The number of carbonyl (C=O) groups is 1. The van der Waals surface area contributed by atoms with Crippen LogP contribution >= 0.6 is 11.3 Å². The van der Waals surface area contributed by atoms with Crippen LogP contribution in [0.4, 0.5) is 4.39 Å². The number of rotatable bonds is 4. The summed E-state index contributed by atoms with van der Waals surface area (Å²) in [6.45, 7) is 0.0451. The number of carboxylic acids is 1. The fourth-order valence-corrected chi connectivity index (χ4v) is 2.41. The molecule has 0 amide bonds. The molecule has 6 nitrogen and oxygen atoms in total. The second-order valence-corrected chi connectivity index (χ2v) is 4.84. The molecule has 0 unspecified atom stereocenters. The van der Waals surface area contributed by atoms with E-state index in [9.17, 15) is 18.8 Å². The van der Waals surface area contributed by atoms with Gasteiger partial charge in [0.25, 0.3) is 5.56 Å². The van der Waals surface area contributed by atoms with Crippen LogP contribution in [0.5, 0.6) is 0 Å². The second kappa shape index (κ2) is 5.66. The number of carboxylic acid groups (broad SMARTS) is 1. The van der Waals surface area contributed by atoms with Gasteiger partial charge in [-0.25, -0.2) is 9.59 Å². The molecule has 2 heterocycles. The summed E-state index contributed by atoms with van der Waals surface area (Å²) in [7, 11) is 0. The van der Waals surface area contributed by atoms with Crippen molar-refractivity contribution in [1.29, 1.82) is 0 Å². The Morgan fingerprint density at radius 2 is 2.25 bits per heavy atom. The fourth-order valence-electron chi connectivity index (χ4n) is 1.54. The number of aliphatic carboxylic acids is 1. The van der Waals surface area contributed by atoms with E-state index in [0.29, 0.717) is 10.4 Å². The average Bonchev–Trinajstić information content (AvgIpc) is 2.81. The van der Waals surface area contributed by atoms with Crippen LogP contribution in [0.1, 0.15) is 10.4 Å². The van der Waals surface area contributed by atoms with Crippen LogP contribution < -0.4 is 11.2 Å². The molecule has 2 N–H and O–H groups in total. The van der Waals surface area contributed by atoms with Crippen molar-refractivity contribution < 1.29 is 14.3 Å². The summed E-state index contributed by atoms with van der Waals surface area (Å²) in [5, 5.41) is 10.3. The number of nitrogens with one attached hydrogen (secondary N) is 1. The zero-order valence-corrected chi connectivity index (χ0v) is 10.8. The molecule has 0 saturated carbocycles. The number of aromatic amines is 1. The molecule has 20 heavy (non-hydrogen) atoms. The van der Waals surface area contributed by atoms with Crippen molar-refractivity contribution in [2.24, 2.45) is 0 Å². The predicted octanol–water partition coefficient (Wildman–Crippen LogP) is 0.883. The quantitative estimate of drug-likeness (QED) is 0.819. The number of aromatic nitrogens is 2. The molecule has 0 atom stereocenters. The van der Waals surface area contributed by atoms with Gasteiger partial charge >= 0.3 is 11.7 Å². The Morgan fingerprint density at radius 3 is 2.95 bits per heavy atom. The summed E-state index contributed by atoms with van der Waals surface area (Å²) in [6.07, 6.45) is 3.19. The van der Waals surface area contributed by atoms with E-state index in [2.05, 4.69) is 0 Å². The van der Waals surface area contributed by atoms with E-state index in [-0.39, 0.29) is 6.54 Å². The molecule has 0 aliphatic heterocycles. The highest BCUT2D eigenvalue weighted by atomic mass is 32.1. The van der Waals surface area contributed by atoms with Gasteiger partial charge in [-0.05, 0) is 23.1 Å². The van der Waals surface area contributed by atoms with Crippen LogP contribution in [0.15, 0.2) is 33.3 Å². The summed E-state index contributed by atoms with van der Waals surface area (Å²) in [5.74, 6) is -2.14. The number of hydrogen-bond donors (Lipinski definition) is 2. The molecule has 0 bridgehead atoms. The monoisotopic (exact) mass is 296 g/mol. The van der Waals surface area contributed by atoms with Crippen molar-refractivity contribution in [3.63, 3.8) is 0 Å². The maximum absolute atomic E-state index is 13.2. The van der Waals surface area contributed by atoms with E-state index in [1.807, 2.05) is 4.98 Å². The van der Waals surface area contributed by atoms with Crippen LogP contribution in [0, 0.1) is 5.82 Å². The molecule has 0 saturated heterocycles. The SMILES string of the molecule is O=C(O)C=Cc1ccsc1Cn1cc(F)c(=O)[nH]c1=O. The van der Waals surface area contributed by atoms with Gasteiger partial charge in [0, 0.05) is 11.0 Å². The predicted molar refractivity (Wildman–Crippen MR) is 71.4 cm³/mol. The van der Waals surface area contributed by atoms with Crippen LogP contribution in [-0.2, 0) is 11.3 Å². The molecule has 2 rings (SSSR count). The molecular formula is C12H9FN2O4S. The Kier molecular flexibility index (Phi) is 3.94. The Morgan fingerprint density at radius 1 is 1.50 bits per heavy atom. The number of nitrogens with zero attached hydrogens (tertiary/aromatic N) is 1. The standard InChI is InChI=1S/C12H9FN2O4S/c13-8-5-15(12(19)14-11(8)18)6-9-7(3-4-20-9)1-2-10(16)17/h1-5H,6H2,(H,16,17)(H,14,18,19). The summed E-state index contributed by atoms with van der Waals surface area (Å²) >= 11 is 1.30. The average molecular weight is 296 g/mol. The number of thiophene rings is 1. The Labute approximate surface area is 115 Å². The molecule has 2 aromatic heterocycles. The first-order chi connectivity index (χ1) is 9.47. The molecule has 0 aliphatic carbocycles. The van der Waals surface area contributed by atoms with E-state index in [4.69, 9.17) is 5.11 Å². The van der Waals surface area contributed by atoms with E-state index in [1.165, 1.54) is 17.4 Å². The maximum Gasteiger partial charge on any atom is 0.328 e. The maximum atomic E-state index is 13.2. The third-order valence-electron chi connectivity index (χ3n) is 2.47. The number of hydrogen-bond acceptors (Lipinski definition) is 4. The van der Waals surface area contributed by atoms with Crippen molar-refractivity contribution in [3.8, 4) is 0 Å². The van der Waals surface area contributed by atoms with Gasteiger partial charge in [-0.3, -0.25) is 14.3 Å². The fraction of sp³-hybridized carbons (Fsp3) is 0.0833. The smallest absolute Gasteiger partial charge is 0.328 e. The second-order valence-electron chi connectivity index (χ2n) is 3.83. The molecule has 104 valence electrons. The van der Waals surface area contributed by atoms with Gasteiger partial charge in [0.05, 0.1) is 12.7 Å². The topological polar surface area (TPSA) is 92.2 Å². The molecule has 0 fully saturated rings. The third kappa shape index (κ3) is 3.09. The highest BCUT2D eigenvalue weighted by Gasteiger charge is 2.07. The lowest BCUT2D eigenvalue weighted by molar-refractivity contribution is -0.131. The highest BCUT2D eigenvalue weighted by molar-refractivity contribution is 7.10. The summed E-state index contributed by atoms with van der Waals surface area (Å²) in [6, 6.07) is 1.69. The summed E-state index contributed by atoms with van der Waals surface area (Å²) in [4.78, 5) is 35.5. The minimum atomic E-state index is -1.09. The van der Waals surface area contributed by atoms with Gasteiger partial charge in [0.15, 0.2) is 0 Å². The Bertz CT molecular complexity index is 787. The lowest BCUT2D eigenvalue weighted by Crippen LogP contribution is -2.31. The lowest BCUT2D eigenvalue weighted by Gasteiger charge is -2.04. The van der Waals surface area contributed by atoms with Gasteiger partial charge < -0.3 is 5.11 Å². The van der Waals surface area contributed by atoms with E-state index in [0.717, 1.165) is 16.8 Å². The minimum Gasteiger partial charge on any atom is -0.478 e. The first kappa shape index (κ1) is 13.9. The first-order valence-electron chi connectivity index (χ1n) is 5.44. The normalized spacial score (nSPS) is 11.1. The first-order valence-corrected chi connectivity index (χ1v) is 6.32. The molecular weight excluding hydrogens is 287 g/mol. The van der Waals surface area contributed by atoms with Gasteiger partial charge in [0.1, 0.15) is 0 Å². The van der Waals surface area contributed by atoms with Crippen molar-refractivity contribution in [2.45, 2.75) is 6.54 Å².